The van der Waals surface area contributed by atoms with E-state index in [1.165, 1.54) is 36.3 Å². The average molecular weight is 428 g/mol. The minimum Gasteiger partial charge on any atom is -0.504 e. The van der Waals surface area contributed by atoms with Crippen LogP contribution in [0, 0.1) is 10.1 Å². The number of carbonyl (C=O) groups is 1. The van der Waals surface area contributed by atoms with Crippen molar-refractivity contribution in [3.8, 4) is 11.5 Å². The average Bonchev–Trinajstić information content (AvgIpc) is 2.97. The first-order chi connectivity index (χ1) is 13.8. The molecule has 3 rings (SSSR count). The number of anilines is 1. The van der Waals surface area contributed by atoms with Crippen LogP contribution >= 0.6 is 24.0 Å². The number of nitro benzene ring substituents is 1. The molecular formula is C20H16N2O5S2. The summed E-state index contributed by atoms with van der Waals surface area (Å²) in [5.41, 5.74) is 1.68. The van der Waals surface area contributed by atoms with E-state index in [9.17, 15) is 20.0 Å². The maximum Gasteiger partial charge on any atom is 0.270 e. The van der Waals surface area contributed by atoms with Crippen LogP contribution in [-0.2, 0) is 11.2 Å². The third-order valence-corrected chi connectivity index (χ3v) is 5.47. The van der Waals surface area contributed by atoms with E-state index in [0.717, 1.165) is 11.8 Å². The van der Waals surface area contributed by atoms with Crippen molar-refractivity contribution in [3.63, 3.8) is 0 Å². The van der Waals surface area contributed by atoms with Crippen LogP contribution in [0.5, 0.6) is 11.5 Å². The summed E-state index contributed by atoms with van der Waals surface area (Å²) in [5.74, 6) is -0.00408. The van der Waals surface area contributed by atoms with Gasteiger partial charge in [-0.3, -0.25) is 19.8 Å². The number of amides is 1. The molecule has 1 saturated heterocycles. The number of hydrogen-bond acceptors (Lipinski definition) is 7. The summed E-state index contributed by atoms with van der Waals surface area (Å²) >= 11 is 6.46. The predicted octanol–water partition coefficient (Wildman–Crippen LogP) is 4.44. The first kappa shape index (κ1) is 20.6. The maximum atomic E-state index is 12.9. The molecule has 2 aromatic rings. The van der Waals surface area contributed by atoms with Gasteiger partial charge in [0.05, 0.1) is 22.6 Å². The molecule has 2 aromatic carbocycles. The fraction of sp³-hybridized carbons (Fsp3) is 0.100. The van der Waals surface area contributed by atoms with Crippen LogP contribution in [0.1, 0.15) is 11.1 Å². The zero-order chi connectivity index (χ0) is 21.1. The van der Waals surface area contributed by atoms with Gasteiger partial charge in [-0.1, -0.05) is 30.1 Å². The summed E-state index contributed by atoms with van der Waals surface area (Å²) in [4.78, 5) is 24.9. The van der Waals surface area contributed by atoms with Crippen molar-refractivity contribution in [3.05, 3.63) is 75.2 Å². The number of thiocarbonyl (C=S) groups is 1. The lowest BCUT2D eigenvalue weighted by Gasteiger charge is -2.14. The number of benzene rings is 2. The third kappa shape index (κ3) is 4.15. The van der Waals surface area contributed by atoms with Gasteiger partial charge in [-0.25, -0.2) is 0 Å². The van der Waals surface area contributed by atoms with Gasteiger partial charge in [0.15, 0.2) is 15.8 Å². The number of nitro groups is 1. The Labute approximate surface area is 176 Å². The van der Waals surface area contributed by atoms with E-state index >= 15 is 0 Å². The number of phenolic OH excluding ortho intramolecular Hbond substituents is 1. The number of ether oxygens (including phenoxy) is 1. The van der Waals surface area contributed by atoms with E-state index in [1.54, 1.807) is 24.3 Å². The Morgan fingerprint density at radius 2 is 2.03 bits per heavy atom. The summed E-state index contributed by atoms with van der Waals surface area (Å²) in [5, 5.41) is 21.0. The van der Waals surface area contributed by atoms with Gasteiger partial charge in [0, 0.05) is 17.7 Å². The minimum atomic E-state index is -0.507. The number of phenols is 1. The molecular weight excluding hydrogens is 412 g/mol. The molecule has 0 aliphatic carbocycles. The Hall–Kier alpha value is -3.17. The quantitative estimate of drug-likeness (QED) is 0.239. The molecule has 0 saturated carbocycles. The van der Waals surface area contributed by atoms with Crippen LogP contribution in [0.2, 0.25) is 0 Å². The number of aromatic hydroxyl groups is 1. The lowest BCUT2D eigenvalue weighted by atomic mass is 10.1. The zero-order valence-electron chi connectivity index (χ0n) is 15.3. The molecule has 1 aliphatic rings. The molecule has 0 unspecified atom stereocenters. The van der Waals surface area contributed by atoms with Crippen LogP contribution in [-0.4, -0.2) is 27.4 Å². The van der Waals surface area contributed by atoms with E-state index in [-0.39, 0.29) is 17.3 Å². The number of allylic oxidation sites excluding steroid dienone is 1. The molecule has 1 fully saturated rings. The molecule has 1 heterocycles. The largest absolute Gasteiger partial charge is 0.504 e. The minimum absolute atomic E-state index is 0.0305. The zero-order valence-corrected chi connectivity index (χ0v) is 17.0. The monoisotopic (exact) mass is 428 g/mol. The Balaban J connectivity index is 1.95. The van der Waals surface area contributed by atoms with Crippen molar-refractivity contribution < 1.29 is 19.6 Å². The SMILES string of the molecule is C=CCc1cc(/C=C2\SC(=S)N(c3ccc([N+](=O)[O-])cc3)C2=O)cc(OC)c1O. The standard InChI is InChI=1S/C20H16N2O5S2/c1-3-4-13-9-12(10-16(27-2)18(13)23)11-17-19(24)21(20(28)29-17)14-5-7-15(8-6-14)22(25)26/h3,5-11,23H,1,4H2,2H3/b17-11-. The Morgan fingerprint density at radius 1 is 1.34 bits per heavy atom. The van der Waals surface area contributed by atoms with E-state index in [0.29, 0.717) is 38.2 Å². The topological polar surface area (TPSA) is 92.9 Å². The summed E-state index contributed by atoms with van der Waals surface area (Å²) in [6, 6.07) is 8.99. The highest BCUT2D eigenvalue weighted by Gasteiger charge is 2.33. The maximum absolute atomic E-state index is 12.9. The van der Waals surface area contributed by atoms with Crippen LogP contribution < -0.4 is 9.64 Å². The first-order valence-corrected chi connectivity index (χ1v) is 9.61. The number of carbonyl (C=O) groups excluding carboxylic acids is 1. The number of hydrogen-bond donors (Lipinski definition) is 1. The second-order valence-electron chi connectivity index (χ2n) is 6.01. The van der Waals surface area contributed by atoms with Gasteiger partial charge in [0.2, 0.25) is 0 Å². The summed E-state index contributed by atoms with van der Waals surface area (Å²) < 4.78 is 5.54. The molecule has 1 amide bonds. The third-order valence-electron chi connectivity index (χ3n) is 4.17. The van der Waals surface area contributed by atoms with E-state index in [1.807, 2.05) is 0 Å². The highest BCUT2D eigenvalue weighted by molar-refractivity contribution is 8.27. The Morgan fingerprint density at radius 3 is 2.62 bits per heavy atom. The fourth-order valence-corrected chi connectivity index (χ4v) is 4.10. The summed E-state index contributed by atoms with van der Waals surface area (Å²) in [6.07, 6.45) is 3.76. The fourth-order valence-electron chi connectivity index (χ4n) is 2.80. The molecule has 148 valence electrons. The van der Waals surface area contributed by atoms with Gasteiger partial charge >= 0.3 is 0 Å². The molecule has 0 radical (unpaired) electrons. The van der Waals surface area contributed by atoms with Gasteiger partial charge < -0.3 is 9.84 Å². The number of non-ortho nitro benzene ring substituents is 1. The molecule has 0 atom stereocenters. The lowest BCUT2D eigenvalue weighted by Crippen LogP contribution is -2.27. The second kappa shape index (κ2) is 8.46. The molecule has 0 spiro atoms. The molecule has 0 aromatic heterocycles. The smallest absolute Gasteiger partial charge is 0.270 e. The van der Waals surface area contributed by atoms with Crippen molar-refractivity contribution in [2.75, 3.05) is 12.0 Å². The number of rotatable bonds is 6. The molecule has 1 N–H and O–H groups in total. The van der Waals surface area contributed by atoms with E-state index in [4.69, 9.17) is 17.0 Å². The van der Waals surface area contributed by atoms with Gasteiger partial charge in [-0.15, -0.1) is 6.58 Å². The first-order valence-electron chi connectivity index (χ1n) is 8.39. The highest BCUT2D eigenvalue weighted by Crippen LogP contribution is 2.38. The van der Waals surface area contributed by atoms with Crippen LogP contribution in [0.3, 0.4) is 0 Å². The van der Waals surface area contributed by atoms with Crippen molar-refractivity contribution in [2.24, 2.45) is 0 Å². The summed E-state index contributed by atoms with van der Waals surface area (Å²) in [7, 11) is 1.45. The van der Waals surface area contributed by atoms with Gasteiger partial charge in [0.25, 0.3) is 11.6 Å². The molecule has 0 bridgehead atoms. The van der Waals surface area contributed by atoms with Gasteiger partial charge in [-0.2, -0.15) is 0 Å². The van der Waals surface area contributed by atoms with E-state index in [2.05, 4.69) is 6.58 Å². The molecule has 7 nitrogen and oxygen atoms in total. The predicted molar refractivity (Wildman–Crippen MR) is 117 cm³/mol. The number of nitrogens with zero attached hydrogens (tertiary/aromatic N) is 2. The van der Waals surface area contributed by atoms with Crippen LogP contribution in [0.4, 0.5) is 11.4 Å². The van der Waals surface area contributed by atoms with Crippen molar-refractivity contribution in [2.45, 2.75) is 6.42 Å². The van der Waals surface area contributed by atoms with E-state index < -0.39 is 4.92 Å². The normalized spacial score (nSPS) is 15.1. The summed E-state index contributed by atoms with van der Waals surface area (Å²) in [6.45, 7) is 3.68. The van der Waals surface area contributed by atoms with Crippen LogP contribution in [0.25, 0.3) is 6.08 Å². The highest BCUT2D eigenvalue weighted by atomic mass is 32.2. The van der Waals surface area contributed by atoms with Crippen molar-refractivity contribution in [1.29, 1.82) is 0 Å². The van der Waals surface area contributed by atoms with Gasteiger partial charge in [0.1, 0.15) is 0 Å². The molecule has 9 heteroatoms. The second-order valence-corrected chi connectivity index (χ2v) is 7.69. The van der Waals surface area contributed by atoms with Gasteiger partial charge in [-0.05, 0) is 42.3 Å². The number of thioether (sulfide) groups is 1. The van der Waals surface area contributed by atoms with Crippen molar-refractivity contribution >= 4 is 51.7 Å². The van der Waals surface area contributed by atoms with Crippen LogP contribution in [0.15, 0.2) is 54.0 Å². The van der Waals surface area contributed by atoms with Crippen molar-refractivity contribution in [1.82, 2.24) is 0 Å². The number of methoxy groups -OCH3 is 1. The molecule has 1 aliphatic heterocycles. The molecule has 29 heavy (non-hydrogen) atoms. The Kier molecular flexibility index (Phi) is 6.00. The Bertz CT molecular complexity index is 1050. The lowest BCUT2D eigenvalue weighted by molar-refractivity contribution is -0.384.